The standard InChI is InChI=1S/C20H19N3O4S/c24-18(6-7-20(26)27)22-14-2-1-3-16(10-14)28-12-19(25)23-15-5-4-13-8-9-21-17(13)11-15/h1-5,8-11,21H,6-7,12H2,(H,22,24)(H,23,25)(H,26,27). The number of H-pyrrole nitrogens is 1. The normalized spacial score (nSPS) is 10.6. The van der Waals surface area contributed by atoms with Gasteiger partial charge in [-0.1, -0.05) is 12.1 Å². The van der Waals surface area contributed by atoms with Gasteiger partial charge in [-0.2, -0.15) is 0 Å². The van der Waals surface area contributed by atoms with Gasteiger partial charge in [0.15, 0.2) is 0 Å². The number of fused-ring (bicyclic) bond motifs is 1. The summed E-state index contributed by atoms with van der Waals surface area (Å²) in [5.74, 6) is -1.28. The third-order valence-electron chi connectivity index (χ3n) is 3.89. The van der Waals surface area contributed by atoms with Crippen LogP contribution < -0.4 is 10.6 Å². The van der Waals surface area contributed by atoms with E-state index in [0.29, 0.717) is 5.69 Å². The molecule has 0 unspecified atom stereocenters. The van der Waals surface area contributed by atoms with E-state index in [1.54, 1.807) is 18.2 Å². The minimum atomic E-state index is -1.01. The first kappa shape index (κ1) is 19.5. The molecule has 0 aliphatic carbocycles. The second-order valence-electron chi connectivity index (χ2n) is 6.09. The van der Waals surface area contributed by atoms with Gasteiger partial charge in [0.05, 0.1) is 12.2 Å². The lowest BCUT2D eigenvalue weighted by Gasteiger charge is -2.08. The highest BCUT2D eigenvalue weighted by Crippen LogP contribution is 2.23. The number of thioether (sulfide) groups is 1. The molecule has 2 amide bonds. The van der Waals surface area contributed by atoms with Gasteiger partial charge in [0.2, 0.25) is 11.8 Å². The summed E-state index contributed by atoms with van der Waals surface area (Å²) in [5, 5.41) is 15.2. The van der Waals surface area contributed by atoms with Crippen LogP contribution in [-0.2, 0) is 14.4 Å². The minimum absolute atomic E-state index is 0.0831. The molecule has 0 saturated heterocycles. The van der Waals surface area contributed by atoms with E-state index >= 15 is 0 Å². The molecule has 0 bridgehead atoms. The Morgan fingerprint density at radius 2 is 1.71 bits per heavy atom. The number of aromatic amines is 1. The first-order valence-electron chi connectivity index (χ1n) is 8.61. The Morgan fingerprint density at radius 3 is 2.54 bits per heavy atom. The van der Waals surface area contributed by atoms with Crippen molar-refractivity contribution < 1.29 is 19.5 Å². The van der Waals surface area contributed by atoms with Crippen LogP contribution in [0.3, 0.4) is 0 Å². The monoisotopic (exact) mass is 397 g/mol. The summed E-state index contributed by atoms with van der Waals surface area (Å²) in [6.45, 7) is 0. The largest absolute Gasteiger partial charge is 0.481 e. The number of nitrogens with one attached hydrogen (secondary N) is 3. The third kappa shape index (κ3) is 5.62. The van der Waals surface area contributed by atoms with E-state index in [1.165, 1.54) is 11.8 Å². The second kappa shape index (κ2) is 9.09. The summed E-state index contributed by atoms with van der Waals surface area (Å²) in [7, 11) is 0. The van der Waals surface area contributed by atoms with Crippen molar-refractivity contribution in [3.05, 3.63) is 54.7 Å². The van der Waals surface area contributed by atoms with Crippen molar-refractivity contribution in [3.8, 4) is 0 Å². The molecule has 0 aliphatic heterocycles. The second-order valence-corrected chi connectivity index (χ2v) is 7.14. The number of benzene rings is 2. The Kier molecular flexibility index (Phi) is 6.33. The average molecular weight is 397 g/mol. The van der Waals surface area contributed by atoms with Gasteiger partial charge in [-0.25, -0.2) is 0 Å². The van der Waals surface area contributed by atoms with Gasteiger partial charge in [-0.3, -0.25) is 14.4 Å². The van der Waals surface area contributed by atoms with Crippen LogP contribution in [-0.4, -0.2) is 33.6 Å². The van der Waals surface area contributed by atoms with Crippen LogP contribution in [0.25, 0.3) is 10.9 Å². The number of carbonyl (C=O) groups excluding carboxylic acids is 2. The van der Waals surface area contributed by atoms with Crippen LogP contribution in [0, 0.1) is 0 Å². The Morgan fingerprint density at radius 1 is 0.929 bits per heavy atom. The number of amides is 2. The quantitative estimate of drug-likeness (QED) is 0.433. The summed E-state index contributed by atoms with van der Waals surface area (Å²) in [4.78, 5) is 38.4. The molecule has 0 atom stereocenters. The number of anilines is 2. The fourth-order valence-corrected chi connectivity index (χ4v) is 3.33. The number of hydrogen-bond acceptors (Lipinski definition) is 4. The van der Waals surface area contributed by atoms with E-state index in [0.717, 1.165) is 21.5 Å². The van der Waals surface area contributed by atoms with Gasteiger partial charge in [-0.15, -0.1) is 11.8 Å². The van der Waals surface area contributed by atoms with Crippen LogP contribution in [0.5, 0.6) is 0 Å². The van der Waals surface area contributed by atoms with Gasteiger partial charge < -0.3 is 20.7 Å². The first-order chi connectivity index (χ1) is 13.5. The SMILES string of the molecule is O=C(O)CCC(=O)Nc1cccc(SCC(=O)Nc2ccc3cc[nH]c3c2)c1. The van der Waals surface area contributed by atoms with E-state index in [4.69, 9.17) is 5.11 Å². The van der Waals surface area contributed by atoms with Crippen molar-refractivity contribution in [1.29, 1.82) is 0 Å². The number of aliphatic carboxylic acids is 1. The molecule has 0 saturated carbocycles. The molecule has 7 nitrogen and oxygen atoms in total. The third-order valence-corrected chi connectivity index (χ3v) is 4.89. The molecule has 3 rings (SSSR count). The highest BCUT2D eigenvalue weighted by atomic mass is 32.2. The van der Waals surface area contributed by atoms with Crippen LogP contribution >= 0.6 is 11.8 Å². The van der Waals surface area contributed by atoms with Crippen LogP contribution in [0.2, 0.25) is 0 Å². The number of carbonyl (C=O) groups is 3. The average Bonchev–Trinajstić information content (AvgIpc) is 3.13. The lowest BCUT2D eigenvalue weighted by atomic mass is 10.2. The summed E-state index contributed by atoms with van der Waals surface area (Å²) in [6, 6.07) is 14.7. The fourth-order valence-electron chi connectivity index (χ4n) is 2.58. The van der Waals surface area contributed by atoms with E-state index in [9.17, 15) is 14.4 Å². The topological polar surface area (TPSA) is 111 Å². The van der Waals surface area contributed by atoms with Crippen molar-refractivity contribution >= 4 is 51.8 Å². The predicted octanol–water partition coefficient (Wildman–Crippen LogP) is 3.70. The Labute approximate surface area is 165 Å². The van der Waals surface area contributed by atoms with E-state index in [1.807, 2.05) is 36.5 Å². The molecule has 0 radical (unpaired) electrons. The molecular formula is C20H19N3O4S. The highest BCUT2D eigenvalue weighted by molar-refractivity contribution is 8.00. The Bertz CT molecular complexity index is 1020. The molecule has 1 aromatic heterocycles. The van der Waals surface area contributed by atoms with E-state index in [-0.39, 0.29) is 30.4 Å². The zero-order valence-corrected chi connectivity index (χ0v) is 15.7. The molecule has 1 heterocycles. The lowest BCUT2D eigenvalue weighted by Crippen LogP contribution is -2.14. The van der Waals surface area contributed by atoms with Gasteiger partial charge in [0.25, 0.3) is 0 Å². The smallest absolute Gasteiger partial charge is 0.303 e. The highest BCUT2D eigenvalue weighted by Gasteiger charge is 2.08. The van der Waals surface area contributed by atoms with Gasteiger partial charge in [0, 0.05) is 34.4 Å². The number of carboxylic acids is 1. The molecule has 8 heteroatoms. The van der Waals surface area contributed by atoms with Crippen LogP contribution in [0.1, 0.15) is 12.8 Å². The number of carboxylic acid groups (broad SMARTS) is 1. The first-order valence-corrected chi connectivity index (χ1v) is 9.60. The lowest BCUT2D eigenvalue weighted by molar-refractivity contribution is -0.138. The van der Waals surface area contributed by atoms with Crippen LogP contribution in [0.4, 0.5) is 11.4 Å². The van der Waals surface area contributed by atoms with Crippen molar-refractivity contribution in [2.75, 3.05) is 16.4 Å². The Hall–Kier alpha value is -3.26. The molecule has 0 fully saturated rings. The van der Waals surface area contributed by atoms with Crippen molar-refractivity contribution in [2.24, 2.45) is 0 Å². The van der Waals surface area contributed by atoms with Crippen molar-refractivity contribution in [3.63, 3.8) is 0 Å². The Balaban J connectivity index is 1.51. The molecular weight excluding hydrogens is 378 g/mol. The maximum absolute atomic E-state index is 12.2. The van der Waals surface area contributed by atoms with Crippen molar-refractivity contribution in [1.82, 2.24) is 4.98 Å². The fraction of sp³-hybridized carbons (Fsp3) is 0.150. The van der Waals surface area contributed by atoms with Gasteiger partial charge in [-0.05, 0) is 41.8 Å². The zero-order chi connectivity index (χ0) is 19.9. The summed E-state index contributed by atoms with van der Waals surface area (Å²) < 4.78 is 0. The van der Waals surface area contributed by atoms with E-state index < -0.39 is 5.97 Å². The summed E-state index contributed by atoms with van der Waals surface area (Å²) >= 11 is 1.35. The summed E-state index contributed by atoms with van der Waals surface area (Å²) in [5.41, 5.74) is 2.25. The molecule has 4 N–H and O–H groups in total. The molecule has 0 spiro atoms. The maximum Gasteiger partial charge on any atom is 0.303 e. The van der Waals surface area contributed by atoms with Crippen molar-refractivity contribution in [2.45, 2.75) is 17.7 Å². The van der Waals surface area contributed by atoms with Gasteiger partial charge >= 0.3 is 5.97 Å². The zero-order valence-electron chi connectivity index (χ0n) is 14.9. The molecule has 144 valence electrons. The van der Waals surface area contributed by atoms with Gasteiger partial charge in [0.1, 0.15) is 0 Å². The minimum Gasteiger partial charge on any atom is -0.481 e. The molecule has 3 aromatic rings. The molecule has 0 aliphatic rings. The molecule has 2 aromatic carbocycles. The predicted molar refractivity (Wildman–Crippen MR) is 110 cm³/mol. The molecule has 28 heavy (non-hydrogen) atoms. The van der Waals surface area contributed by atoms with E-state index in [2.05, 4.69) is 15.6 Å². The van der Waals surface area contributed by atoms with Crippen LogP contribution in [0.15, 0.2) is 59.6 Å². The maximum atomic E-state index is 12.2. The number of aromatic nitrogens is 1. The number of hydrogen-bond donors (Lipinski definition) is 4. The number of rotatable bonds is 8. The summed E-state index contributed by atoms with van der Waals surface area (Å²) in [6.07, 6.45) is 1.55.